The molecule has 6 heterocycles. The summed E-state index contributed by atoms with van der Waals surface area (Å²) in [6.45, 7) is 13.3. The second-order valence-electron chi connectivity index (χ2n) is 14.2. The Bertz CT molecular complexity index is 1370. The summed E-state index contributed by atoms with van der Waals surface area (Å²) in [5.41, 5.74) is 1.60. The third-order valence-electron chi connectivity index (χ3n) is 11.3. The molecule has 48 heavy (non-hydrogen) atoms. The standard InChI is InChI=1S/C34H54N12P2/c1-2-20-41(19-1)47(42-21-3-4-22-42,43-23-5-6-24-43)39-37-35-32-17-13-15-31-16-14-18-33(34(31)32)36-38-40-48(44-25-7-8-26-44,45-27-9-10-28-45)46-29-11-12-30-46/h13-18H,1-12,19-30H2. The number of benzene rings is 2. The van der Waals surface area contributed by atoms with Crippen molar-refractivity contribution in [2.45, 2.75) is 77.0 Å². The fraction of sp³-hybridized carbons (Fsp3) is 0.706. The topological polar surface area (TPSA) is 93.6 Å². The second kappa shape index (κ2) is 15.2. The summed E-state index contributed by atoms with van der Waals surface area (Å²) >= 11 is 0. The molecule has 6 saturated heterocycles. The Morgan fingerprint density at radius 2 is 0.646 bits per heavy atom. The van der Waals surface area contributed by atoms with Crippen molar-refractivity contribution < 1.29 is 0 Å². The SMILES string of the molecule is c1cc(N=NN=P(N2CCCC2)(N2CCCC2)N2CCCC2)c2c(N=NN=P(N3CCCC3)(N3CCCC3)N3CCCC3)cccc2c1. The molecule has 14 heteroatoms. The molecule has 0 aliphatic carbocycles. The quantitative estimate of drug-likeness (QED) is 0.140. The Morgan fingerprint density at radius 1 is 0.375 bits per heavy atom. The maximum atomic E-state index is 5.32. The van der Waals surface area contributed by atoms with E-state index in [-0.39, 0.29) is 0 Å². The van der Waals surface area contributed by atoms with E-state index >= 15 is 0 Å². The van der Waals surface area contributed by atoms with Gasteiger partial charge >= 0.3 is 0 Å². The van der Waals surface area contributed by atoms with Crippen LogP contribution in [-0.4, -0.2) is 107 Å². The van der Waals surface area contributed by atoms with Gasteiger partial charge in [0.15, 0.2) is 15.0 Å². The highest BCUT2D eigenvalue weighted by Gasteiger charge is 2.45. The number of hydrogen-bond acceptors (Lipinski definition) is 2. The van der Waals surface area contributed by atoms with Gasteiger partial charge in [-0.15, -0.1) is 19.9 Å². The fourth-order valence-electron chi connectivity index (χ4n) is 8.94. The van der Waals surface area contributed by atoms with Gasteiger partial charge in [0.1, 0.15) is 0 Å². The van der Waals surface area contributed by atoms with E-state index in [1.807, 2.05) is 0 Å². The molecule has 0 N–H and O–H groups in total. The van der Waals surface area contributed by atoms with E-state index in [4.69, 9.17) is 30.4 Å². The van der Waals surface area contributed by atoms with Crippen molar-refractivity contribution in [2.75, 3.05) is 78.5 Å². The minimum absolute atomic E-state index is 0.799. The molecule has 8 rings (SSSR count). The summed E-state index contributed by atoms with van der Waals surface area (Å²) in [6.07, 6.45) is 14.9. The first kappa shape index (κ1) is 33.3. The van der Waals surface area contributed by atoms with Crippen LogP contribution in [0, 0.1) is 0 Å². The van der Waals surface area contributed by atoms with Crippen LogP contribution in [0.25, 0.3) is 10.8 Å². The molecule has 0 radical (unpaired) electrons. The molecule has 0 bridgehead atoms. The highest BCUT2D eigenvalue weighted by molar-refractivity contribution is 7.59. The lowest BCUT2D eigenvalue weighted by Gasteiger charge is -2.44. The zero-order chi connectivity index (χ0) is 32.2. The number of rotatable bonds is 10. The molecule has 0 saturated carbocycles. The molecule has 6 aliphatic rings. The summed E-state index contributed by atoms with van der Waals surface area (Å²) in [6, 6.07) is 12.5. The maximum absolute atomic E-state index is 5.32. The first-order chi connectivity index (χ1) is 23.8. The summed E-state index contributed by atoms with van der Waals surface area (Å²) in [7, 11) is -4.24. The average molecular weight is 693 g/mol. The first-order valence-corrected chi connectivity index (χ1v) is 22.1. The van der Waals surface area contributed by atoms with Gasteiger partial charge in [-0.2, -0.15) is 0 Å². The Labute approximate surface area is 287 Å². The van der Waals surface area contributed by atoms with Crippen molar-refractivity contribution >= 4 is 37.2 Å². The molecule has 0 unspecified atom stereocenters. The van der Waals surface area contributed by atoms with Gasteiger partial charge in [-0.3, -0.25) is 0 Å². The van der Waals surface area contributed by atoms with Crippen molar-refractivity contribution in [1.29, 1.82) is 0 Å². The molecule has 0 amide bonds. The van der Waals surface area contributed by atoms with E-state index in [2.05, 4.69) is 64.4 Å². The number of fused-ring (bicyclic) bond motifs is 1. The van der Waals surface area contributed by atoms with Crippen LogP contribution < -0.4 is 0 Å². The molecule has 0 spiro atoms. The molecule has 6 aliphatic heterocycles. The van der Waals surface area contributed by atoms with Gasteiger partial charge < -0.3 is 0 Å². The van der Waals surface area contributed by atoms with Crippen molar-refractivity contribution in [3.8, 4) is 0 Å². The van der Waals surface area contributed by atoms with Crippen LogP contribution in [0.15, 0.2) is 66.8 Å². The zero-order valence-corrected chi connectivity index (χ0v) is 30.5. The monoisotopic (exact) mass is 692 g/mol. The highest BCUT2D eigenvalue weighted by Crippen LogP contribution is 2.64. The normalized spacial score (nSPS) is 24.9. The molecular weight excluding hydrogens is 638 g/mol. The number of hydrogen-bond donors (Lipinski definition) is 0. The Hall–Kier alpha value is -1.88. The lowest BCUT2D eigenvalue weighted by molar-refractivity contribution is 0.382. The molecule has 2 aromatic rings. The van der Waals surface area contributed by atoms with E-state index in [1.165, 1.54) is 77.0 Å². The lowest BCUT2D eigenvalue weighted by atomic mass is 10.1. The molecule has 2 aromatic carbocycles. The predicted molar refractivity (Wildman–Crippen MR) is 197 cm³/mol. The first-order valence-electron chi connectivity index (χ1n) is 18.9. The van der Waals surface area contributed by atoms with E-state index in [0.29, 0.717) is 0 Å². The molecular formula is C34H54N12P2. The van der Waals surface area contributed by atoms with Gasteiger partial charge in [0.05, 0.1) is 11.4 Å². The second-order valence-corrected chi connectivity index (χ2v) is 20.1. The van der Waals surface area contributed by atoms with Gasteiger partial charge in [0, 0.05) is 83.9 Å². The summed E-state index contributed by atoms with van der Waals surface area (Å²) < 4.78 is 16.1. The fourth-order valence-corrected chi connectivity index (χ4v) is 17.0. The molecule has 260 valence electrons. The Kier molecular flexibility index (Phi) is 10.5. The summed E-state index contributed by atoms with van der Waals surface area (Å²) in [4.78, 5) is 10.6. The van der Waals surface area contributed by atoms with Crippen molar-refractivity contribution in [1.82, 2.24) is 28.0 Å². The van der Waals surface area contributed by atoms with E-state index in [0.717, 1.165) is 101 Å². The van der Waals surface area contributed by atoms with E-state index in [1.54, 1.807) is 0 Å². The smallest absolute Gasteiger partial charge is 0.195 e. The molecule has 6 fully saturated rings. The molecule has 0 aromatic heterocycles. The summed E-state index contributed by atoms with van der Waals surface area (Å²) in [5.74, 6) is 0. The third kappa shape index (κ3) is 6.30. The van der Waals surface area contributed by atoms with Gasteiger partial charge in [-0.1, -0.05) is 24.3 Å². The maximum Gasteiger partial charge on any atom is 0.195 e. The molecule has 12 nitrogen and oxygen atoms in total. The highest BCUT2D eigenvalue weighted by atomic mass is 31.2. The van der Waals surface area contributed by atoms with Crippen LogP contribution in [0.2, 0.25) is 0 Å². The van der Waals surface area contributed by atoms with E-state index in [9.17, 15) is 0 Å². The van der Waals surface area contributed by atoms with Crippen LogP contribution in [0.4, 0.5) is 11.4 Å². The van der Waals surface area contributed by atoms with Crippen LogP contribution in [-0.2, 0) is 0 Å². The Morgan fingerprint density at radius 3 is 0.917 bits per heavy atom. The minimum Gasteiger partial charge on any atom is -0.244 e. The van der Waals surface area contributed by atoms with Gasteiger partial charge in [0.25, 0.3) is 0 Å². The number of nitrogens with zero attached hydrogens (tertiary/aromatic N) is 12. The van der Waals surface area contributed by atoms with Crippen LogP contribution in [0.5, 0.6) is 0 Å². The van der Waals surface area contributed by atoms with Crippen LogP contribution in [0.1, 0.15) is 77.0 Å². The van der Waals surface area contributed by atoms with Crippen molar-refractivity contribution in [2.24, 2.45) is 30.4 Å². The third-order valence-corrected chi connectivity index (χ3v) is 18.9. The van der Waals surface area contributed by atoms with Crippen LogP contribution in [0.3, 0.4) is 0 Å². The van der Waals surface area contributed by atoms with Gasteiger partial charge in [-0.25, -0.2) is 28.0 Å². The van der Waals surface area contributed by atoms with E-state index < -0.39 is 15.0 Å². The summed E-state index contributed by atoms with van der Waals surface area (Å²) in [5, 5.41) is 21.4. The average Bonchev–Trinajstić information content (AvgIpc) is 3.99. The minimum atomic E-state index is -2.12. The predicted octanol–water partition coefficient (Wildman–Crippen LogP) is 9.30. The molecule has 0 atom stereocenters. The van der Waals surface area contributed by atoms with Gasteiger partial charge in [0.2, 0.25) is 0 Å². The largest absolute Gasteiger partial charge is 0.244 e. The zero-order valence-electron chi connectivity index (χ0n) is 28.7. The van der Waals surface area contributed by atoms with Crippen LogP contribution >= 0.6 is 15.0 Å². The lowest BCUT2D eigenvalue weighted by Crippen LogP contribution is -2.38. The van der Waals surface area contributed by atoms with Crippen molar-refractivity contribution in [3.05, 3.63) is 36.4 Å². The Balaban J connectivity index is 1.18. The van der Waals surface area contributed by atoms with Crippen molar-refractivity contribution in [3.63, 3.8) is 0 Å². The van der Waals surface area contributed by atoms with Gasteiger partial charge in [-0.05, 0) is 105 Å².